The summed E-state index contributed by atoms with van der Waals surface area (Å²) in [5.74, 6) is 1.96. The highest BCUT2D eigenvalue weighted by Crippen LogP contribution is 2.19. The number of piperazine rings is 1. The van der Waals surface area contributed by atoms with Crippen LogP contribution < -0.4 is 15.1 Å². The zero-order chi connectivity index (χ0) is 18.5. The molecule has 0 atom stereocenters. The van der Waals surface area contributed by atoms with Crippen LogP contribution in [0.3, 0.4) is 0 Å². The normalized spacial score (nSPS) is 18.4. The van der Waals surface area contributed by atoms with Crippen molar-refractivity contribution in [3.8, 4) is 0 Å². The Bertz CT molecular complexity index is 735. The van der Waals surface area contributed by atoms with Gasteiger partial charge in [0.15, 0.2) is 0 Å². The lowest BCUT2D eigenvalue weighted by Crippen LogP contribution is -2.47. The molecule has 0 spiro atoms. The molecule has 1 aliphatic carbocycles. The van der Waals surface area contributed by atoms with Gasteiger partial charge in [0.05, 0.1) is 5.56 Å². The Morgan fingerprint density at radius 3 is 2.19 bits per heavy atom. The number of anilines is 2. The summed E-state index contributed by atoms with van der Waals surface area (Å²) in [6.07, 6.45) is 9.45. The molecule has 1 amide bonds. The van der Waals surface area contributed by atoms with Crippen molar-refractivity contribution in [3.63, 3.8) is 0 Å². The second-order valence-electron chi connectivity index (χ2n) is 7.38. The quantitative estimate of drug-likeness (QED) is 0.903. The van der Waals surface area contributed by atoms with Crippen LogP contribution in [0.1, 0.15) is 42.5 Å². The van der Waals surface area contributed by atoms with Gasteiger partial charge in [0.1, 0.15) is 11.6 Å². The number of hydrogen-bond donors (Lipinski definition) is 1. The van der Waals surface area contributed by atoms with E-state index >= 15 is 0 Å². The van der Waals surface area contributed by atoms with Crippen molar-refractivity contribution < 1.29 is 4.79 Å². The molecule has 1 aliphatic heterocycles. The van der Waals surface area contributed by atoms with Crippen molar-refractivity contribution in [2.45, 2.75) is 38.1 Å². The number of amides is 1. The number of rotatable bonds is 4. The fourth-order valence-corrected chi connectivity index (χ4v) is 3.93. The van der Waals surface area contributed by atoms with Gasteiger partial charge in [-0.15, -0.1) is 0 Å². The lowest BCUT2D eigenvalue weighted by atomic mass is 9.95. The maximum Gasteiger partial charge on any atom is 0.253 e. The molecule has 1 N–H and O–H groups in total. The SMILES string of the molecule is O=C(NC1CCCCC1)c1ccc(N2CCN(c3ccccn3)CC2)nc1. The highest BCUT2D eigenvalue weighted by molar-refractivity contribution is 5.94. The number of nitrogens with one attached hydrogen (secondary N) is 1. The van der Waals surface area contributed by atoms with Crippen LogP contribution in [0.5, 0.6) is 0 Å². The second-order valence-corrected chi connectivity index (χ2v) is 7.38. The molecule has 0 aromatic carbocycles. The summed E-state index contributed by atoms with van der Waals surface area (Å²) >= 11 is 0. The minimum atomic E-state index is 0.000853. The molecule has 1 saturated carbocycles. The van der Waals surface area contributed by atoms with E-state index in [0.29, 0.717) is 11.6 Å². The van der Waals surface area contributed by atoms with Gasteiger partial charge in [0.25, 0.3) is 5.91 Å². The number of nitrogens with zero attached hydrogens (tertiary/aromatic N) is 4. The summed E-state index contributed by atoms with van der Waals surface area (Å²) < 4.78 is 0. The summed E-state index contributed by atoms with van der Waals surface area (Å²) in [4.78, 5) is 26.0. The number of carbonyl (C=O) groups is 1. The highest BCUT2D eigenvalue weighted by Gasteiger charge is 2.20. The Hall–Kier alpha value is -2.63. The first-order valence-corrected chi connectivity index (χ1v) is 9.97. The van der Waals surface area contributed by atoms with Crippen molar-refractivity contribution in [2.24, 2.45) is 0 Å². The van der Waals surface area contributed by atoms with E-state index in [1.165, 1.54) is 19.3 Å². The molecule has 0 bridgehead atoms. The summed E-state index contributed by atoms with van der Waals surface area (Å²) in [5.41, 5.74) is 0.649. The first-order valence-electron chi connectivity index (χ1n) is 9.97. The minimum Gasteiger partial charge on any atom is -0.353 e. The van der Waals surface area contributed by atoms with E-state index in [4.69, 9.17) is 0 Å². The Kier molecular flexibility index (Phi) is 5.51. The average molecular weight is 365 g/mol. The summed E-state index contributed by atoms with van der Waals surface area (Å²) in [6, 6.07) is 10.2. The average Bonchev–Trinajstić information content (AvgIpc) is 2.75. The molecule has 27 heavy (non-hydrogen) atoms. The van der Waals surface area contributed by atoms with Crippen molar-refractivity contribution >= 4 is 17.5 Å². The number of pyridine rings is 2. The van der Waals surface area contributed by atoms with E-state index < -0.39 is 0 Å². The van der Waals surface area contributed by atoms with E-state index in [2.05, 4.69) is 25.1 Å². The summed E-state index contributed by atoms with van der Waals surface area (Å²) in [5, 5.41) is 3.15. The fraction of sp³-hybridized carbons (Fsp3) is 0.476. The Morgan fingerprint density at radius 2 is 1.59 bits per heavy atom. The van der Waals surface area contributed by atoms with Crippen LogP contribution in [0.25, 0.3) is 0 Å². The van der Waals surface area contributed by atoms with Crippen molar-refractivity contribution in [3.05, 3.63) is 48.3 Å². The molecule has 2 aromatic heterocycles. The van der Waals surface area contributed by atoms with Gasteiger partial charge in [-0.25, -0.2) is 9.97 Å². The lowest BCUT2D eigenvalue weighted by molar-refractivity contribution is 0.0927. The maximum absolute atomic E-state index is 12.4. The van der Waals surface area contributed by atoms with Crippen LogP contribution >= 0.6 is 0 Å². The van der Waals surface area contributed by atoms with Gasteiger partial charge in [0.2, 0.25) is 0 Å². The standard InChI is InChI=1S/C21H27N5O/c27-21(24-18-6-2-1-3-7-18)17-9-10-20(23-16-17)26-14-12-25(13-15-26)19-8-4-5-11-22-19/h4-5,8-11,16,18H,1-3,6-7,12-15H2,(H,24,27). The van der Waals surface area contributed by atoms with Crippen molar-refractivity contribution in [1.29, 1.82) is 0 Å². The van der Waals surface area contributed by atoms with Gasteiger partial charge in [-0.05, 0) is 37.1 Å². The van der Waals surface area contributed by atoms with Crippen LogP contribution in [0.2, 0.25) is 0 Å². The largest absolute Gasteiger partial charge is 0.353 e. The number of aromatic nitrogens is 2. The Balaban J connectivity index is 1.32. The molecule has 2 aliphatic rings. The van der Waals surface area contributed by atoms with Gasteiger partial charge in [-0.3, -0.25) is 4.79 Å². The first-order chi connectivity index (χ1) is 13.3. The molecule has 0 unspecified atom stereocenters. The number of carbonyl (C=O) groups excluding carboxylic acids is 1. The maximum atomic E-state index is 12.4. The molecule has 1 saturated heterocycles. The second kappa shape index (κ2) is 8.37. The predicted molar refractivity (Wildman–Crippen MR) is 107 cm³/mol. The molecule has 2 aromatic rings. The summed E-state index contributed by atoms with van der Waals surface area (Å²) in [6.45, 7) is 3.64. The van der Waals surface area contributed by atoms with Gasteiger partial charge in [0, 0.05) is 44.6 Å². The van der Waals surface area contributed by atoms with Crippen LogP contribution in [0, 0.1) is 0 Å². The van der Waals surface area contributed by atoms with Gasteiger partial charge in [-0.2, -0.15) is 0 Å². The third-order valence-corrected chi connectivity index (χ3v) is 5.53. The van der Waals surface area contributed by atoms with Gasteiger partial charge < -0.3 is 15.1 Å². The Labute approximate surface area is 160 Å². The molecular formula is C21H27N5O. The van der Waals surface area contributed by atoms with Crippen LogP contribution in [-0.4, -0.2) is 48.1 Å². The topological polar surface area (TPSA) is 61.4 Å². The fourth-order valence-electron chi connectivity index (χ4n) is 3.93. The highest BCUT2D eigenvalue weighted by atomic mass is 16.1. The molecule has 2 fully saturated rings. The monoisotopic (exact) mass is 365 g/mol. The predicted octanol–water partition coefficient (Wildman–Crippen LogP) is 2.87. The van der Waals surface area contributed by atoms with E-state index in [9.17, 15) is 4.79 Å². The minimum absolute atomic E-state index is 0.000853. The molecule has 3 heterocycles. The number of hydrogen-bond acceptors (Lipinski definition) is 5. The van der Waals surface area contributed by atoms with E-state index in [0.717, 1.165) is 50.7 Å². The van der Waals surface area contributed by atoms with E-state index in [1.54, 1.807) is 6.20 Å². The van der Waals surface area contributed by atoms with Crippen LogP contribution in [0.4, 0.5) is 11.6 Å². The third-order valence-electron chi connectivity index (χ3n) is 5.53. The van der Waals surface area contributed by atoms with Crippen LogP contribution in [-0.2, 0) is 0 Å². The zero-order valence-corrected chi connectivity index (χ0v) is 15.7. The smallest absolute Gasteiger partial charge is 0.253 e. The molecule has 6 heteroatoms. The molecular weight excluding hydrogens is 338 g/mol. The van der Waals surface area contributed by atoms with Gasteiger partial charge in [-0.1, -0.05) is 25.3 Å². The zero-order valence-electron chi connectivity index (χ0n) is 15.7. The first kappa shape index (κ1) is 17.8. The van der Waals surface area contributed by atoms with Crippen molar-refractivity contribution in [2.75, 3.05) is 36.0 Å². The lowest BCUT2D eigenvalue weighted by Gasteiger charge is -2.36. The van der Waals surface area contributed by atoms with Crippen LogP contribution in [0.15, 0.2) is 42.7 Å². The van der Waals surface area contributed by atoms with Gasteiger partial charge >= 0.3 is 0 Å². The Morgan fingerprint density at radius 1 is 0.889 bits per heavy atom. The van der Waals surface area contributed by atoms with E-state index in [1.807, 2.05) is 36.5 Å². The van der Waals surface area contributed by atoms with E-state index in [-0.39, 0.29) is 5.91 Å². The summed E-state index contributed by atoms with van der Waals surface area (Å²) in [7, 11) is 0. The molecule has 0 radical (unpaired) electrons. The molecule has 4 rings (SSSR count). The third kappa shape index (κ3) is 4.38. The molecule has 142 valence electrons. The molecule has 6 nitrogen and oxygen atoms in total. The van der Waals surface area contributed by atoms with Crippen molar-refractivity contribution in [1.82, 2.24) is 15.3 Å².